The molecule has 1 aromatic carbocycles. The van der Waals surface area contributed by atoms with Crippen LogP contribution in [0.25, 0.3) is 0 Å². The van der Waals surface area contributed by atoms with Crippen LogP contribution in [0.5, 0.6) is 5.75 Å². The van der Waals surface area contributed by atoms with Crippen LogP contribution in [-0.4, -0.2) is 39.7 Å². The highest BCUT2D eigenvalue weighted by atomic mass is 19.1. The lowest BCUT2D eigenvalue weighted by atomic mass is 9.96. The molecule has 1 aliphatic heterocycles. The number of phenolic OH excluding ortho intramolecular Hbond substituents is 1. The first-order valence-corrected chi connectivity index (χ1v) is 6.96. The number of rotatable bonds is 3. The zero-order chi connectivity index (χ0) is 14.7. The average Bonchev–Trinajstić information content (AvgIpc) is 2.41. The minimum atomic E-state index is -0.546. The number of piperidine rings is 1. The second-order valence-electron chi connectivity index (χ2n) is 5.39. The van der Waals surface area contributed by atoms with Crippen molar-refractivity contribution in [3.63, 3.8) is 0 Å². The highest BCUT2D eigenvalue weighted by Gasteiger charge is 2.29. The fourth-order valence-corrected chi connectivity index (χ4v) is 2.74. The summed E-state index contributed by atoms with van der Waals surface area (Å²) >= 11 is 0. The van der Waals surface area contributed by atoms with Gasteiger partial charge in [0.05, 0.1) is 11.7 Å². The number of benzene rings is 1. The first kappa shape index (κ1) is 14.8. The fourth-order valence-electron chi connectivity index (χ4n) is 2.74. The van der Waals surface area contributed by atoms with Crippen LogP contribution in [0.1, 0.15) is 43.0 Å². The Morgan fingerprint density at radius 1 is 1.50 bits per heavy atom. The average molecular weight is 281 g/mol. The molecule has 1 fully saturated rings. The standard InChI is InChI=1S/C15H20FNO3/c1-10(18)8-12-4-2-3-7-17(12)15(20)13-9-11(16)5-6-14(13)19/h5-6,9-10,12,18-19H,2-4,7-8H2,1H3. The van der Waals surface area contributed by atoms with Crippen molar-refractivity contribution in [1.29, 1.82) is 0 Å². The maximum Gasteiger partial charge on any atom is 0.257 e. The maximum atomic E-state index is 13.3. The van der Waals surface area contributed by atoms with Gasteiger partial charge in [0, 0.05) is 12.6 Å². The van der Waals surface area contributed by atoms with Crippen LogP contribution in [0, 0.1) is 5.82 Å². The normalized spacial score (nSPS) is 20.8. The second kappa shape index (κ2) is 6.22. The molecule has 2 unspecified atom stereocenters. The van der Waals surface area contributed by atoms with Gasteiger partial charge >= 0.3 is 0 Å². The number of carbonyl (C=O) groups excluding carboxylic acids is 1. The van der Waals surface area contributed by atoms with Crippen molar-refractivity contribution >= 4 is 5.91 Å². The summed E-state index contributed by atoms with van der Waals surface area (Å²) in [5.74, 6) is -1.12. The molecular weight excluding hydrogens is 261 g/mol. The van der Waals surface area contributed by atoms with Crippen molar-refractivity contribution in [3.05, 3.63) is 29.6 Å². The number of phenols is 1. The quantitative estimate of drug-likeness (QED) is 0.893. The van der Waals surface area contributed by atoms with Gasteiger partial charge in [-0.15, -0.1) is 0 Å². The molecule has 5 heteroatoms. The lowest BCUT2D eigenvalue weighted by Gasteiger charge is -2.36. The third kappa shape index (κ3) is 3.28. The van der Waals surface area contributed by atoms with Crippen LogP contribution in [0.15, 0.2) is 18.2 Å². The molecule has 0 aromatic heterocycles. The minimum Gasteiger partial charge on any atom is -0.507 e. The number of hydrogen-bond acceptors (Lipinski definition) is 3. The van der Waals surface area contributed by atoms with E-state index in [1.54, 1.807) is 11.8 Å². The number of likely N-dealkylation sites (tertiary alicyclic amines) is 1. The Kier molecular flexibility index (Phi) is 4.60. The number of aliphatic hydroxyl groups is 1. The molecular formula is C15H20FNO3. The molecule has 1 aromatic rings. The van der Waals surface area contributed by atoms with E-state index in [1.807, 2.05) is 0 Å². The SMILES string of the molecule is CC(O)CC1CCCCN1C(=O)c1cc(F)ccc1O. The molecule has 0 spiro atoms. The predicted molar refractivity (Wildman–Crippen MR) is 73.0 cm³/mol. The van der Waals surface area contributed by atoms with Crippen LogP contribution >= 0.6 is 0 Å². The lowest BCUT2D eigenvalue weighted by Crippen LogP contribution is -2.45. The van der Waals surface area contributed by atoms with E-state index in [1.165, 1.54) is 6.07 Å². The summed E-state index contributed by atoms with van der Waals surface area (Å²) in [6, 6.07) is 3.32. The molecule has 2 rings (SSSR count). The van der Waals surface area contributed by atoms with E-state index < -0.39 is 11.9 Å². The molecule has 110 valence electrons. The maximum absolute atomic E-state index is 13.3. The van der Waals surface area contributed by atoms with Crippen LogP contribution in [-0.2, 0) is 0 Å². The summed E-state index contributed by atoms with van der Waals surface area (Å²) in [7, 11) is 0. The van der Waals surface area contributed by atoms with Crippen molar-refractivity contribution in [2.24, 2.45) is 0 Å². The van der Waals surface area contributed by atoms with E-state index in [0.29, 0.717) is 13.0 Å². The molecule has 1 amide bonds. The zero-order valence-corrected chi connectivity index (χ0v) is 11.6. The summed E-state index contributed by atoms with van der Waals surface area (Å²) in [6.07, 6.45) is 2.73. The number of hydrogen-bond donors (Lipinski definition) is 2. The second-order valence-corrected chi connectivity index (χ2v) is 5.39. The van der Waals surface area contributed by atoms with E-state index >= 15 is 0 Å². The summed E-state index contributed by atoms with van der Waals surface area (Å²) in [5.41, 5.74) is -0.0116. The number of halogens is 1. The Bertz CT molecular complexity index is 490. The Hall–Kier alpha value is -1.62. The van der Waals surface area contributed by atoms with Gasteiger partial charge in [-0.3, -0.25) is 4.79 Å². The van der Waals surface area contributed by atoms with Gasteiger partial charge in [0.2, 0.25) is 0 Å². The Balaban J connectivity index is 2.23. The van der Waals surface area contributed by atoms with Crippen molar-refractivity contribution in [2.75, 3.05) is 6.54 Å². The van der Waals surface area contributed by atoms with Crippen molar-refractivity contribution in [2.45, 2.75) is 44.8 Å². The molecule has 1 aliphatic rings. The van der Waals surface area contributed by atoms with Gasteiger partial charge < -0.3 is 15.1 Å². The topological polar surface area (TPSA) is 60.8 Å². The molecule has 0 aliphatic carbocycles. The van der Waals surface area contributed by atoms with Crippen LogP contribution in [0.4, 0.5) is 4.39 Å². The van der Waals surface area contributed by atoms with E-state index in [2.05, 4.69) is 0 Å². The lowest BCUT2D eigenvalue weighted by molar-refractivity contribution is 0.0512. The van der Waals surface area contributed by atoms with Crippen LogP contribution < -0.4 is 0 Å². The largest absolute Gasteiger partial charge is 0.507 e. The monoisotopic (exact) mass is 281 g/mol. The molecule has 0 saturated carbocycles. The van der Waals surface area contributed by atoms with Crippen molar-refractivity contribution in [1.82, 2.24) is 4.90 Å². The van der Waals surface area contributed by atoms with Gasteiger partial charge in [0.25, 0.3) is 5.91 Å². The van der Waals surface area contributed by atoms with E-state index in [9.17, 15) is 19.4 Å². The summed E-state index contributed by atoms with van der Waals surface area (Å²) in [4.78, 5) is 14.1. The smallest absolute Gasteiger partial charge is 0.257 e. The van der Waals surface area contributed by atoms with Gasteiger partial charge in [-0.2, -0.15) is 0 Å². The molecule has 2 atom stereocenters. The van der Waals surface area contributed by atoms with Crippen LogP contribution in [0.2, 0.25) is 0 Å². The highest BCUT2D eigenvalue weighted by Crippen LogP contribution is 2.26. The summed E-state index contributed by atoms with van der Waals surface area (Å²) in [6.45, 7) is 2.27. The number of aliphatic hydroxyl groups excluding tert-OH is 1. The minimum absolute atomic E-state index is 0.0116. The third-order valence-electron chi connectivity index (χ3n) is 3.69. The van der Waals surface area contributed by atoms with Gasteiger partial charge in [0.1, 0.15) is 11.6 Å². The summed E-state index contributed by atoms with van der Waals surface area (Å²) in [5, 5.41) is 19.3. The number of amides is 1. The Morgan fingerprint density at radius 2 is 2.25 bits per heavy atom. The Labute approximate surface area is 117 Å². The van der Waals surface area contributed by atoms with Crippen LogP contribution in [0.3, 0.4) is 0 Å². The molecule has 0 radical (unpaired) electrons. The number of nitrogens with zero attached hydrogens (tertiary/aromatic N) is 1. The summed E-state index contributed by atoms with van der Waals surface area (Å²) < 4.78 is 13.3. The Morgan fingerprint density at radius 3 is 2.95 bits per heavy atom. The number of carbonyl (C=O) groups is 1. The first-order valence-electron chi connectivity index (χ1n) is 6.96. The molecule has 2 N–H and O–H groups in total. The van der Waals surface area contributed by atoms with Crippen molar-refractivity contribution < 1.29 is 19.4 Å². The van der Waals surface area contributed by atoms with Gasteiger partial charge in [-0.05, 0) is 50.8 Å². The predicted octanol–water partition coefficient (Wildman–Crippen LogP) is 2.30. The fraction of sp³-hybridized carbons (Fsp3) is 0.533. The highest BCUT2D eigenvalue weighted by molar-refractivity contribution is 5.97. The first-order chi connectivity index (χ1) is 9.49. The van der Waals surface area contributed by atoms with E-state index in [-0.39, 0.29) is 23.3 Å². The van der Waals surface area contributed by atoms with Gasteiger partial charge in [-0.25, -0.2) is 4.39 Å². The number of aromatic hydroxyl groups is 1. The molecule has 1 heterocycles. The molecule has 1 saturated heterocycles. The molecule has 0 bridgehead atoms. The van der Waals surface area contributed by atoms with Crippen molar-refractivity contribution in [3.8, 4) is 5.75 Å². The van der Waals surface area contributed by atoms with E-state index in [0.717, 1.165) is 31.4 Å². The third-order valence-corrected chi connectivity index (χ3v) is 3.69. The molecule has 4 nitrogen and oxygen atoms in total. The molecule has 20 heavy (non-hydrogen) atoms. The van der Waals surface area contributed by atoms with E-state index in [4.69, 9.17) is 0 Å². The zero-order valence-electron chi connectivity index (χ0n) is 11.6. The van der Waals surface area contributed by atoms with Gasteiger partial charge in [-0.1, -0.05) is 0 Å². The van der Waals surface area contributed by atoms with Gasteiger partial charge in [0.15, 0.2) is 0 Å².